The molecule has 4 heterocycles. The summed E-state index contributed by atoms with van der Waals surface area (Å²) >= 11 is 0. The number of fused-ring (bicyclic) bond motifs is 2. The smallest absolute Gasteiger partial charge is 0.311 e. The molecule has 0 N–H and O–H groups in total. The van der Waals surface area contributed by atoms with Gasteiger partial charge in [0.15, 0.2) is 5.60 Å². The van der Waals surface area contributed by atoms with Gasteiger partial charge in [0, 0.05) is 23.7 Å². The van der Waals surface area contributed by atoms with Crippen molar-refractivity contribution in [3.8, 4) is 0 Å². The third-order valence-corrected chi connectivity index (χ3v) is 5.50. The zero-order chi connectivity index (χ0) is 17.5. The van der Waals surface area contributed by atoms with Gasteiger partial charge >= 0.3 is 5.97 Å². The molecule has 5 aliphatic rings. The molecule has 3 unspecified atom stereocenters. The second kappa shape index (κ2) is 3.96. The molecular weight excluding hydrogens is 261 g/mol. The summed E-state index contributed by atoms with van der Waals surface area (Å²) in [6, 6.07) is 0. The highest BCUT2D eigenvalue weighted by Crippen LogP contribution is 2.59. The van der Waals surface area contributed by atoms with Gasteiger partial charge < -0.3 is 9.47 Å². The third kappa shape index (κ3) is 1.46. The zero-order valence-corrected chi connectivity index (χ0v) is 11.7. The van der Waals surface area contributed by atoms with Crippen LogP contribution in [0.5, 0.6) is 0 Å². The Morgan fingerprint density at radius 3 is 2.95 bits per heavy atom. The molecule has 0 aromatic carbocycles. The van der Waals surface area contributed by atoms with Crippen LogP contribution in [0.1, 0.15) is 51.9 Å². The lowest BCUT2D eigenvalue weighted by Gasteiger charge is -2.57. The van der Waals surface area contributed by atoms with Gasteiger partial charge in [0.1, 0.15) is 0 Å². The van der Waals surface area contributed by atoms with E-state index in [1.807, 2.05) is 0 Å². The molecule has 20 heavy (non-hydrogen) atoms. The van der Waals surface area contributed by atoms with Crippen LogP contribution in [0.25, 0.3) is 0 Å². The Balaban J connectivity index is 1.89. The summed E-state index contributed by atoms with van der Waals surface area (Å²) in [6.07, 6.45) is 1.34. The molecule has 0 radical (unpaired) electrons. The van der Waals surface area contributed by atoms with Crippen molar-refractivity contribution in [2.24, 2.45) is 23.6 Å². The molecule has 5 fully saturated rings. The quantitative estimate of drug-likeness (QED) is 0.389. The van der Waals surface area contributed by atoms with E-state index in [0.29, 0.717) is 19.3 Å². The fraction of sp³-hybridized carbons (Fsp3) is 0.933. The van der Waals surface area contributed by atoms with Crippen molar-refractivity contribution in [3.63, 3.8) is 0 Å². The van der Waals surface area contributed by atoms with E-state index in [0.717, 1.165) is 6.42 Å². The van der Waals surface area contributed by atoms with Crippen LogP contribution in [0.2, 0.25) is 0 Å². The summed E-state index contributed by atoms with van der Waals surface area (Å²) in [7, 11) is 0. The number of carbonyl (C=O) groups is 1. The lowest BCUT2D eigenvalue weighted by Crippen LogP contribution is -2.69. The Hall–Kier alpha value is -0.650. The number of carbonyl (C=O) groups excluding carboxylic acids is 1. The van der Waals surface area contributed by atoms with E-state index in [9.17, 15) is 4.79 Å². The van der Waals surface area contributed by atoms with Gasteiger partial charge in [-0.2, -0.15) is 0 Å². The van der Waals surface area contributed by atoms with Crippen LogP contribution in [0.4, 0.5) is 0 Å². The van der Waals surface area contributed by atoms with E-state index in [1.165, 1.54) is 0 Å². The fourth-order valence-corrected chi connectivity index (χ4v) is 4.37. The van der Waals surface area contributed by atoms with Gasteiger partial charge in [-0.3, -0.25) is 4.79 Å². The summed E-state index contributed by atoms with van der Waals surface area (Å²) in [5.41, 5.74) is -1.24. The molecule has 5 heteroatoms. The monoisotopic (exact) mass is 287 g/mol. The molecule has 0 amide bonds. The number of hydrogen-bond acceptors (Lipinski definition) is 5. The molecule has 4 saturated heterocycles. The second-order valence-electron chi connectivity index (χ2n) is 6.68. The molecule has 5 nitrogen and oxygen atoms in total. The Morgan fingerprint density at radius 2 is 2.15 bits per heavy atom. The van der Waals surface area contributed by atoms with Crippen molar-refractivity contribution < 1.29 is 29.5 Å². The largest absolute Gasteiger partial charge is 0.432 e. The van der Waals surface area contributed by atoms with Crippen molar-refractivity contribution in [2.75, 3.05) is 0 Å². The molecule has 2 bridgehead atoms. The summed E-state index contributed by atoms with van der Waals surface area (Å²) in [5.74, 6) is -5.20. The average Bonchev–Trinajstić information content (AvgIpc) is 2.70. The Bertz CT molecular complexity index is 583. The molecule has 1 spiro atoms. The van der Waals surface area contributed by atoms with E-state index in [4.69, 9.17) is 24.7 Å². The number of hydrogen-bond donors (Lipinski definition) is 0. The highest BCUT2D eigenvalue weighted by atomic mass is 17.3. The predicted molar refractivity (Wildman–Crippen MR) is 68.0 cm³/mol. The molecule has 4 aliphatic heterocycles. The van der Waals surface area contributed by atoms with Gasteiger partial charge in [0.05, 0.1) is 5.89 Å². The summed E-state index contributed by atoms with van der Waals surface area (Å²) in [6.45, 7) is 0.974. The minimum Gasteiger partial charge on any atom is -0.432 e. The minimum atomic E-state index is -2.82. The summed E-state index contributed by atoms with van der Waals surface area (Å²) in [4.78, 5) is 23.8. The zero-order valence-electron chi connectivity index (χ0n) is 15.7. The van der Waals surface area contributed by atoms with Crippen LogP contribution < -0.4 is 0 Å². The first-order chi connectivity index (χ1) is 11.0. The molecule has 1 aliphatic carbocycles. The molecule has 0 aromatic heterocycles. The predicted octanol–water partition coefficient (Wildman–Crippen LogP) is 2.39. The van der Waals surface area contributed by atoms with Crippen molar-refractivity contribution in [2.45, 2.75) is 64.1 Å². The number of esters is 1. The molecule has 7 atom stereocenters. The Kier molecular flexibility index (Phi) is 1.86. The van der Waals surface area contributed by atoms with Crippen LogP contribution in [-0.2, 0) is 24.0 Å². The van der Waals surface area contributed by atoms with Crippen molar-refractivity contribution in [3.05, 3.63) is 0 Å². The van der Waals surface area contributed by atoms with Crippen LogP contribution in [0.15, 0.2) is 0 Å². The van der Waals surface area contributed by atoms with Gasteiger partial charge in [-0.25, -0.2) is 9.78 Å². The normalized spacial score (nSPS) is 65.0. The van der Waals surface area contributed by atoms with E-state index >= 15 is 0 Å². The lowest BCUT2D eigenvalue weighted by molar-refractivity contribution is -0.559. The van der Waals surface area contributed by atoms with Crippen molar-refractivity contribution >= 4 is 5.97 Å². The van der Waals surface area contributed by atoms with E-state index < -0.39 is 42.3 Å². The topological polar surface area (TPSA) is 54.0 Å². The van der Waals surface area contributed by atoms with Gasteiger partial charge in [-0.1, -0.05) is 13.8 Å². The maximum absolute atomic E-state index is 12.5. The van der Waals surface area contributed by atoms with Gasteiger partial charge in [-0.15, -0.1) is 0 Å². The fourth-order valence-electron chi connectivity index (χ4n) is 4.37. The summed E-state index contributed by atoms with van der Waals surface area (Å²) in [5, 5.41) is 0. The lowest BCUT2D eigenvalue weighted by atomic mass is 9.61. The first-order valence-corrected chi connectivity index (χ1v) is 7.30. The first-order valence-electron chi connectivity index (χ1n) is 9.30. The Morgan fingerprint density at radius 1 is 1.30 bits per heavy atom. The van der Waals surface area contributed by atoms with Gasteiger partial charge in [0.2, 0.25) is 12.1 Å². The number of rotatable bonds is 0. The maximum Gasteiger partial charge on any atom is 0.311 e. The van der Waals surface area contributed by atoms with E-state index in [2.05, 4.69) is 6.92 Å². The number of ether oxygens (including phenoxy) is 2. The highest BCUT2D eigenvalue weighted by Gasteiger charge is 2.69. The second-order valence-corrected chi connectivity index (χ2v) is 6.68. The van der Waals surface area contributed by atoms with E-state index in [-0.39, 0.29) is 11.8 Å². The Labute approximate surface area is 124 Å². The third-order valence-electron chi connectivity index (χ3n) is 5.50. The molecule has 112 valence electrons. The van der Waals surface area contributed by atoms with Crippen molar-refractivity contribution in [1.29, 1.82) is 0 Å². The molecule has 1 saturated carbocycles. The minimum absolute atomic E-state index is 0.0919. The average molecular weight is 287 g/mol. The van der Waals surface area contributed by atoms with Crippen LogP contribution in [0.3, 0.4) is 0 Å². The standard InChI is InChI=1S/C15H22O5/c1-8-4-5-11-9(2)12(16)17-13-15(11)10(8)6-7-14(3,18-13)19-20-15/h8-11,13H,4-7H2,1-3H3/t8-,9-,10?,11?,13-,14?,15-/m1/s1/i2D3,9D,13+1. The van der Waals surface area contributed by atoms with Crippen LogP contribution >= 0.6 is 0 Å². The van der Waals surface area contributed by atoms with Gasteiger partial charge in [-0.05, 0) is 32.1 Å². The highest BCUT2D eigenvalue weighted by molar-refractivity contribution is 5.74. The first kappa shape index (κ1) is 9.38. The summed E-state index contributed by atoms with van der Waals surface area (Å²) < 4.78 is 43.3. The van der Waals surface area contributed by atoms with Gasteiger partial charge in [0.25, 0.3) is 0 Å². The maximum atomic E-state index is 12.5. The van der Waals surface area contributed by atoms with Crippen LogP contribution in [0, 0.1) is 23.6 Å². The SMILES string of the molecule is [2H]C([2H])([2H])[C@@]1([2H])C(=O)O[13C@@H]2OC3(C)CCC4[C@H](C)CCC1[C@]42OO3. The molecule has 5 rings (SSSR count). The van der Waals surface area contributed by atoms with Crippen LogP contribution in [-0.4, -0.2) is 23.6 Å². The van der Waals surface area contributed by atoms with E-state index in [1.54, 1.807) is 6.92 Å². The molecular formula is C15H22O5. The molecule has 0 aromatic rings. The van der Waals surface area contributed by atoms with Crippen molar-refractivity contribution in [1.82, 2.24) is 0 Å².